The van der Waals surface area contributed by atoms with Gasteiger partial charge in [0.25, 0.3) is 0 Å². The third-order valence-electron chi connectivity index (χ3n) is 3.26. The number of carbonyl (C=O) groups excluding carboxylic acids is 1. The van der Waals surface area contributed by atoms with Gasteiger partial charge in [-0.25, -0.2) is 4.79 Å². The monoisotopic (exact) mass is 307 g/mol. The van der Waals surface area contributed by atoms with E-state index in [0.717, 1.165) is 17.1 Å². The molecule has 1 amide bonds. The fourth-order valence-electron chi connectivity index (χ4n) is 2.23. The van der Waals surface area contributed by atoms with Crippen molar-refractivity contribution in [1.29, 1.82) is 0 Å². The first kappa shape index (κ1) is 16.3. The van der Waals surface area contributed by atoms with Gasteiger partial charge in [0, 0.05) is 31.9 Å². The van der Waals surface area contributed by atoms with Crippen molar-refractivity contribution in [2.45, 2.75) is 39.8 Å². The normalized spacial score (nSPS) is 15.5. The van der Waals surface area contributed by atoms with Crippen molar-refractivity contribution in [1.82, 2.24) is 20.0 Å². The summed E-state index contributed by atoms with van der Waals surface area (Å²) in [6.45, 7) is 9.87. The molecule has 122 valence electrons. The highest BCUT2D eigenvalue weighted by Crippen LogP contribution is 2.11. The van der Waals surface area contributed by atoms with Gasteiger partial charge in [0.2, 0.25) is 0 Å². The molecule has 0 fully saturated rings. The van der Waals surface area contributed by atoms with Gasteiger partial charge in [-0.3, -0.25) is 14.6 Å². The van der Waals surface area contributed by atoms with E-state index < -0.39 is 5.60 Å². The minimum atomic E-state index is -0.480. The number of nitrogens with one attached hydrogen (secondary N) is 1. The van der Waals surface area contributed by atoms with Gasteiger partial charge in [-0.15, -0.1) is 0 Å². The minimum absolute atomic E-state index is 0.292. The molecule has 2 heterocycles. The van der Waals surface area contributed by atoms with E-state index in [1.807, 2.05) is 40.9 Å². The van der Waals surface area contributed by atoms with Crippen molar-refractivity contribution in [3.05, 3.63) is 17.5 Å². The Balaban J connectivity index is 1.89. The molecule has 0 unspecified atom stereocenters. The van der Waals surface area contributed by atoms with Gasteiger partial charge >= 0.3 is 6.09 Å². The van der Waals surface area contributed by atoms with Crippen molar-refractivity contribution in [2.24, 2.45) is 12.0 Å². The van der Waals surface area contributed by atoms with Crippen molar-refractivity contribution >= 4 is 11.9 Å². The van der Waals surface area contributed by atoms with Crippen LogP contribution in [0.4, 0.5) is 4.79 Å². The highest BCUT2D eigenvalue weighted by Gasteiger charge is 2.24. The lowest BCUT2D eigenvalue weighted by molar-refractivity contribution is 0.0276. The number of hydrogen-bond donors (Lipinski definition) is 1. The highest BCUT2D eigenvalue weighted by molar-refractivity contribution is 5.87. The Hall–Kier alpha value is -2.05. The van der Waals surface area contributed by atoms with Gasteiger partial charge in [0.1, 0.15) is 11.4 Å². The van der Waals surface area contributed by atoms with E-state index in [9.17, 15) is 4.79 Å². The van der Waals surface area contributed by atoms with Gasteiger partial charge in [0.05, 0.1) is 18.8 Å². The SMILES string of the molecule is Cc1nn(C)cc1CNC1=NCCN(C(=O)OC(C)(C)C)C1. The van der Waals surface area contributed by atoms with E-state index >= 15 is 0 Å². The fourth-order valence-corrected chi connectivity index (χ4v) is 2.23. The van der Waals surface area contributed by atoms with Crippen LogP contribution in [0.2, 0.25) is 0 Å². The molecule has 22 heavy (non-hydrogen) atoms. The molecule has 0 saturated carbocycles. The van der Waals surface area contributed by atoms with E-state index in [0.29, 0.717) is 26.2 Å². The topological polar surface area (TPSA) is 71.8 Å². The summed E-state index contributed by atoms with van der Waals surface area (Å²) in [6.07, 6.45) is 1.69. The smallest absolute Gasteiger partial charge is 0.410 e. The third kappa shape index (κ3) is 4.47. The Kier molecular flexibility index (Phi) is 4.73. The quantitative estimate of drug-likeness (QED) is 0.898. The second-order valence-corrected chi connectivity index (χ2v) is 6.50. The summed E-state index contributed by atoms with van der Waals surface area (Å²) in [7, 11) is 1.90. The molecule has 0 aliphatic carbocycles. The Morgan fingerprint density at radius 3 is 2.77 bits per heavy atom. The van der Waals surface area contributed by atoms with Crippen LogP contribution in [0.25, 0.3) is 0 Å². The molecule has 0 saturated heterocycles. The Labute approximate surface area is 131 Å². The molecular formula is C15H25N5O2. The van der Waals surface area contributed by atoms with Crippen LogP contribution in [0.5, 0.6) is 0 Å². The summed E-state index contributed by atoms with van der Waals surface area (Å²) in [5.41, 5.74) is 1.64. The zero-order valence-corrected chi connectivity index (χ0v) is 14.0. The summed E-state index contributed by atoms with van der Waals surface area (Å²) in [6, 6.07) is 0. The Morgan fingerprint density at radius 2 is 2.18 bits per heavy atom. The number of carbonyl (C=O) groups is 1. The number of aliphatic imine (C=N–C) groups is 1. The maximum absolute atomic E-state index is 12.1. The zero-order chi connectivity index (χ0) is 16.3. The first-order valence-corrected chi connectivity index (χ1v) is 7.49. The van der Waals surface area contributed by atoms with E-state index in [4.69, 9.17) is 4.74 Å². The zero-order valence-electron chi connectivity index (χ0n) is 14.0. The summed E-state index contributed by atoms with van der Waals surface area (Å²) < 4.78 is 7.20. The molecule has 1 aromatic rings. The van der Waals surface area contributed by atoms with Crippen molar-refractivity contribution < 1.29 is 9.53 Å². The lowest BCUT2D eigenvalue weighted by Gasteiger charge is -2.29. The maximum atomic E-state index is 12.1. The molecule has 1 aliphatic heterocycles. The van der Waals surface area contributed by atoms with Gasteiger partial charge in [-0.1, -0.05) is 0 Å². The molecular weight excluding hydrogens is 282 g/mol. The average molecular weight is 307 g/mol. The van der Waals surface area contributed by atoms with E-state index in [2.05, 4.69) is 15.4 Å². The molecule has 0 atom stereocenters. The lowest BCUT2D eigenvalue weighted by atomic mass is 10.2. The number of rotatable bonds is 2. The number of aryl methyl sites for hydroxylation is 2. The van der Waals surface area contributed by atoms with Crippen molar-refractivity contribution in [3.8, 4) is 0 Å². The fraction of sp³-hybridized carbons (Fsp3) is 0.667. The number of hydrogen-bond acceptors (Lipinski definition) is 5. The van der Waals surface area contributed by atoms with Gasteiger partial charge < -0.3 is 10.1 Å². The summed E-state index contributed by atoms with van der Waals surface area (Å²) in [5.74, 6) is 0.806. The van der Waals surface area contributed by atoms with Crippen LogP contribution in [-0.2, 0) is 18.3 Å². The predicted octanol–water partition coefficient (Wildman–Crippen LogP) is 1.47. The summed E-state index contributed by atoms with van der Waals surface area (Å²) in [4.78, 5) is 18.2. The van der Waals surface area contributed by atoms with E-state index in [1.54, 1.807) is 9.58 Å². The predicted molar refractivity (Wildman–Crippen MR) is 84.9 cm³/mol. The van der Waals surface area contributed by atoms with Gasteiger partial charge in [-0.05, 0) is 27.7 Å². The maximum Gasteiger partial charge on any atom is 0.410 e. The number of aromatic nitrogens is 2. The number of ether oxygens (including phenoxy) is 1. The lowest BCUT2D eigenvalue weighted by Crippen LogP contribution is -2.47. The van der Waals surface area contributed by atoms with Crippen molar-refractivity contribution in [3.63, 3.8) is 0 Å². The van der Waals surface area contributed by atoms with Crippen LogP contribution in [0.15, 0.2) is 11.2 Å². The molecule has 7 heteroatoms. The largest absolute Gasteiger partial charge is 0.444 e. The van der Waals surface area contributed by atoms with Crippen LogP contribution in [0.3, 0.4) is 0 Å². The first-order valence-electron chi connectivity index (χ1n) is 7.49. The number of nitrogens with zero attached hydrogens (tertiary/aromatic N) is 4. The molecule has 1 N–H and O–H groups in total. The second kappa shape index (κ2) is 6.37. The highest BCUT2D eigenvalue weighted by atomic mass is 16.6. The van der Waals surface area contributed by atoms with Crippen LogP contribution in [0, 0.1) is 6.92 Å². The van der Waals surface area contributed by atoms with Crippen LogP contribution < -0.4 is 5.32 Å². The molecule has 7 nitrogen and oxygen atoms in total. The third-order valence-corrected chi connectivity index (χ3v) is 3.26. The summed E-state index contributed by atoms with van der Waals surface area (Å²) >= 11 is 0. The Morgan fingerprint density at radius 1 is 1.45 bits per heavy atom. The Bertz CT molecular complexity index is 571. The van der Waals surface area contributed by atoms with E-state index in [1.165, 1.54) is 0 Å². The molecule has 2 rings (SSSR count). The molecule has 0 radical (unpaired) electrons. The summed E-state index contributed by atoms with van der Waals surface area (Å²) in [5, 5.41) is 7.60. The average Bonchev–Trinajstić information content (AvgIpc) is 2.73. The molecule has 1 aliphatic rings. The minimum Gasteiger partial charge on any atom is -0.444 e. The second-order valence-electron chi connectivity index (χ2n) is 6.50. The van der Waals surface area contributed by atoms with Crippen LogP contribution >= 0.6 is 0 Å². The van der Waals surface area contributed by atoms with Crippen LogP contribution in [-0.4, -0.2) is 51.8 Å². The van der Waals surface area contributed by atoms with Gasteiger partial charge in [0.15, 0.2) is 0 Å². The number of amides is 1. The van der Waals surface area contributed by atoms with Gasteiger partial charge in [-0.2, -0.15) is 5.10 Å². The molecule has 0 bridgehead atoms. The standard InChI is InChI=1S/C15H25N5O2/c1-11-12(9-19(5)18-11)8-17-13-10-20(7-6-16-13)14(21)22-15(2,3)4/h9H,6-8,10H2,1-5H3,(H,16,17). The van der Waals surface area contributed by atoms with E-state index in [-0.39, 0.29) is 6.09 Å². The number of amidine groups is 1. The van der Waals surface area contributed by atoms with Crippen LogP contribution in [0.1, 0.15) is 32.0 Å². The molecule has 1 aromatic heterocycles. The van der Waals surface area contributed by atoms with Crippen molar-refractivity contribution in [2.75, 3.05) is 19.6 Å². The first-order chi connectivity index (χ1) is 10.2. The molecule has 0 spiro atoms. The molecule has 0 aromatic carbocycles.